The minimum atomic E-state index is -0.900. The fourth-order valence-electron chi connectivity index (χ4n) is 5.12. The molecule has 0 N–H and O–H groups in total. The minimum Gasteiger partial charge on any atom is -0.487 e. The van der Waals surface area contributed by atoms with E-state index in [0.717, 1.165) is 12.7 Å². The molecule has 6 nitrogen and oxygen atoms in total. The number of halogens is 4. The summed E-state index contributed by atoms with van der Waals surface area (Å²) in [5.41, 5.74) is 2.67. The minimum absolute atomic E-state index is 0.0759. The Morgan fingerprint density at radius 2 is 1.65 bits per heavy atom. The van der Waals surface area contributed by atoms with Gasteiger partial charge < -0.3 is 9.47 Å². The molecule has 1 aliphatic rings. The zero-order valence-electron chi connectivity index (χ0n) is 24.2. The Morgan fingerprint density at radius 1 is 0.978 bits per heavy atom. The third kappa shape index (κ3) is 6.58. The third-order valence-corrected chi connectivity index (χ3v) is 9.79. The average molecular weight is 860 g/mol. The molecule has 1 atom stereocenters. The van der Waals surface area contributed by atoms with Crippen molar-refractivity contribution in [3.8, 4) is 5.75 Å². The van der Waals surface area contributed by atoms with Gasteiger partial charge in [-0.05, 0) is 99.6 Å². The number of carbonyl (C=O) groups is 1. The molecule has 11 heteroatoms. The van der Waals surface area contributed by atoms with Crippen molar-refractivity contribution in [2.45, 2.75) is 19.6 Å². The summed E-state index contributed by atoms with van der Waals surface area (Å²) in [4.78, 5) is 32.9. The smallest absolute Gasteiger partial charge is 0.338 e. The number of nitrogens with zero attached hydrogens (tertiary/aromatic N) is 2. The van der Waals surface area contributed by atoms with Crippen LogP contribution >= 0.6 is 56.5 Å². The molecule has 0 saturated carbocycles. The number of ether oxygens (including phenoxy) is 2. The Kier molecular flexibility index (Phi) is 9.80. The van der Waals surface area contributed by atoms with Gasteiger partial charge in [-0.2, -0.15) is 0 Å². The van der Waals surface area contributed by atoms with Gasteiger partial charge in [-0.25, -0.2) is 18.6 Å². The molecular weight excluding hydrogens is 836 g/mol. The number of hydrogen-bond acceptors (Lipinski definition) is 6. The molecule has 232 valence electrons. The number of aromatic nitrogens is 1. The molecule has 0 unspecified atom stereocenters. The van der Waals surface area contributed by atoms with Crippen molar-refractivity contribution < 1.29 is 23.0 Å². The summed E-state index contributed by atoms with van der Waals surface area (Å²) in [6.07, 6.45) is 1.77. The van der Waals surface area contributed by atoms with Crippen molar-refractivity contribution in [1.82, 2.24) is 4.57 Å². The second kappa shape index (κ2) is 14.0. The Balaban J connectivity index is 1.48. The zero-order chi connectivity index (χ0) is 32.4. The maximum absolute atomic E-state index is 14.1. The van der Waals surface area contributed by atoms with Crippen molar-refractivity contribution in [2.75, 3.05) is 6.61 Å². The first-order chi connectivity index (χ1) is 22.2. The van der Waals surface area contributed by atoms with Crippen LogP contribution in [0.3, 0.4) is 0 Å². The first kappa shape index (κ1) is 32.3. The maximum atomic E-state index is 14.1. The highest BCUT2D eigenvalue weighted by Gasteiger charge is 2.35. The Morgan fingerprint density at radius 3 is 2.33 bits per heavy atom. The highest BCUT2D eigenvalue weighted by atomic mass is 127. The van der Waals surface area contributed by atoms with Gasteiger partial charge >= 0.3 is 5.97 Å². The standard InChI is InChI=1S/C35H24F2I2N2O4S/c1-2-44-34(43)29-30(21-8-4-3-5-9-21)40-35-41(31(29)22-12-14-24(36)15-13-22)33(42)28(46-35)18-20-16-26(38)32(27(39)17-20)45-19-23-10-6-7-11-25(23)37/h3-18,31H,2,19H2,1H3/b28-18-/t31-/m0/s1. The molecule has 6 rings (SSSR count). The van der Waals surface area contributed by atoms with Gasteiger partial charge in [0.05, 0.1) is 35.6 Å². The SMILES string of the molecule is CCOC(=O)C1=C(c2ccccc2)N=c2s/c(=C\c3cc(I)c(OCc4ccccc4F)c(I)c3)c(=O)n2[C@H]1c1ccc(F)cc1. The second-order valence-corrected chi connectivity index (χ2v) is 13.5. The van der Waals surface area contributed by atoms with Gasteiger partial charge in [-0.1, -0.05) is 72.0 Å². The topological polar surface area (TPSA) is 69.9 Å². The molecule has 5 aromatic rings. The normalized spacial score (nSPS) is 14.5. The molecule has 1 aliphatic heterocycles. The average Bonchev–Trinajstić information content (AvgIpc) is 3.35. The fraction of sp³-hybridized carbons (Fsp3) is 0.114. The Bertz CT molecular complexity index is 2140. The molecule has 0 amide bonds. The van der Waals surface area contributed by atoms with Crippen molar-refractivity contribution in [2.24, 2.45) is 4.99 Å². The summed E-state index contributed by atoms with van der Waals surface area (Å²) >= 11 is 5.52. The first-order valence-corrected chi connectivity index (χ1v) is 17.1. The van der Waals surface area contributed by atoms with Crippen LogP contribution in [0, 0.1) is 18.8 Å². The fourth-order valence-corrected chi connectivity index (χ4v) is 8.25. The lowest BCUT2D eigenvalue weighted by Crippen LogP contribution is -2.40. The predicted molar refractivity (Wildman–Crippen MR) is 190 cm³/mol. The largest absolute Gasteiger partial charge is 0.487 e. The first-order valence-electron chi connectivity index (χ1n) is 14.1. The zero-order valence-corrected chi connectivity index (χ0v) is 29.3. The third-order valence-electron chi connectivity index (χ3n) is 7.21. The van der Waals surface area contributed by atoms with Crippen LogP contribution in [0.1, 0.15) is 35.2 Å². The van der Waals surface area contributed by atoms with Crippen LogP contribution in [-0.4, -0.2) is 17.1 Å². The highest BCUT2D eigenvalue weighted by molar-refractivity contribution is 14.1. The van der Waals surface area contributed by atoms with Crippen molar-refractivity contribution >= 4 is 74.3 Å². The van der Waals surface area contributed by atoms with E-state index in [9.17, 15) is 18.4 Å². The summed E-state index contributed by atoms with van der Waals surface area (Å²) in [6.45, 7) is 1.91. The van der Waals surface area contributed by atoms with E-state index in [1.54, 1.807) is 43.3 Å². The molecule has 0 saturated heterocycles. The van der Waals surface area contributed by atoms with E-state index in [-0.39, 0.29) is 30.2 Å². The monoisotopic (exact) mass is 860 g/mol. The van der Waals surface area contributed by atoms with Crippen molar-refractivity contribution in [3.63, 3.8) is 0 Å². The Hall–Kier alpha value is -3.69. The van der Waals surface area contributed by atoms with E-state index in [0.29, 0.717) is 37.5 Å². The lowest BCUT2D eigenvalue weighted by Gasteiger charge is -2.25. The van der Waals surface area contributed by atoms with E-state index >= 15 is 0 Å². The number of fused-ring (bicyclic) bond motifs is 1. The van der Waals surface area contributed by atoms with E-state index in [2.05, 4.69) is 45.2 Å². The van der Waals surface area contributed by atoms with Gasteiger partial charge in [0, 0.05) is 11.1 Å². The molecule has 0 spiro atoms. The van der Waals surface area contributed by atoms with Crippen molar-refractivity contribution in [1.29, 1.82) is 0 Å². The molecule has 2 heterocycles. The number of esters is 1. The van der Waals surface area contributed by atoms with Gasteiger partial charge in [-0.15, -0.1) is 0 Å². The van der Waals surface area contributed by atoms with Gasteiger partial charge in [0.1, 0.15) is 24.0 Å². The van der Waals surface area contributed by atoms with Crippen LogP contribution in [0.25, 0.3) is 11.8 Å². The van der Waals surface area contributed by atoms with E-state index < -0.39 is 17.8 Å². The number of benzene rings is 4. The molecule has 0 fully saturated rings. The Labute approximate surface area is 294 Å². The number of rotatable bonds is 8. The van der Waals surface area contributed by atoms with Crippen molar-refractivity contribution in [3.05, 3.63) is 157 Å². The lowest BCUT2D eigenvalue weighted by atomic mass is 9.93. The number of thiazole rings is 1. The summed E-state index contributed by atoms with van der Waals surface area (Å²) in [5, 5.41) is 0. The lowest BCUT2D eigenvalue weighted by molar-refractivity contribution is -0.138. The molecule has 46 heavy (non-hydrogen) atoms. The number of carbonyl (C=O) groups excluding carboxylic acids is 1. The second-order valence-electron chi connectivity index (χ2n) is 10.2. The predicted octanol–water partition coefficient (Wildman–Crippen LogP) is 7.00. The van der Waals surface area contributed by atoms with E-state index in [1.807, 2.05) is 42.5 Å². The molecule has 4 aromatic carbocycles. The molecule has 0 aliphatic carbocycles. The van der Waals surface area contributed by atoms with Crippen LogP contribution in [0.2, 0.25) is 0 Å². The summed E-state index contributed by atoms with van der Waals surface area (Å²) in [5.74, 6) is -0.763. The molecule has 0 bridgehead atoms. The van der Waals surface area contributed by atoms with Crippen LogP contribution in [0.5, 0.6) is 5.75 Å². The van der Waals surface area contributed by atoms with Gasteiger partial charge in [0.15, 0.2) is 4.80 Å². The van der Waals surface area contributed by atoms with Gasteiger partial charge in [-0.3, -0.25) is 9.36 Å². The quantitative estimate of drug-likeness (QED) is 0.125. The molecular formula is C35H24F2I2N2O4S. The summed E-state index contributed by atoms with van der Waals surface area (Å²) in [6, 6.07) is 24.3. The van der Waals surface area contributed by atoms with Crippen LogP contribution in [-0.2, 0) is 16.1 Å². The van der Waals surface area contributed by atoms with Crippen LogP contribution in [0.15, 0.2) is 106 Å². The highest BCUT2D eigenvalue weighted by Crippen LogP contribution is 2.35. The van der Waals surface area contributed by atoms with Crippen LogP contribution < -0.4 is 19.6 Å². The maximum Gasteiger partial charge on any atom is 0.338 e. The van der Waals surface area contributed by atoms with Gasteiger partial charge in [0.2, 0.25) is 0 Å². The number of hydrogen-bond donors (Lipinski definition) is 0. The van der Waals surface area contributed by atoms with E-state index in [1.165, 1.54) is 34.1 Å². The van der Waals surface area contributed by atoms with Crippen LogP contribution in [0.4, 0.5) is 8.78 Å². The van der Waals surface area contributed by atoms with Gasteiger partial charge in [0.25, 0.3) is 5.56 Å². The summed E-state index contributed by atoms with van der Waals surface area (Å²) in [7, 11) is 0. The van der Waals surface area contributed by atoms with E-state index in [4.69, 9.17) is 14.5 Å². The molecule has 0 radical (unpaired) electrons. The summed E-state index contributed by atoms with van der Waals surface area (Å²) < 4.78 is 43.1. The molecule has 1 aromatic heterocycles.